The smallest absolute Gasteiger partial charge is 0.301 e. The fraction of sp³-hybridized carbons (Fsp3) is 0.217. The quantitative estimate of drug-likeness (QED) is 0.319. The van der Waals surface area contributed by atoms with E-state index in [4.69, 9.17) is 0 Å². The number of rotatable bonds is 5. The molecule has 0 spiro atoms. The Balaban J connectivity index is 1.36. The highest BCUT2D eigenvalue weighted by Crippen LogP contribution is 2.38. The Kier molecular flexibility index (Phi) is 6.76. The van der Waals surface area contributed by atoms with E-state index in [0.717, 1.165) is 17.8 Å². The Labute approximate surface area is 220 Å². The zero-order valence-electron chi connectivity index (χ0n) is 19.9. The lowest BCUT2D eigenvalue weighted by molar-refractivity contribution is -0.143. The number of alkyl halides is 6. The van der Waals surface area contributed by atoms with Gasteiger partial charge in [-0.25, -0.2) is 5.53 Å². The monoisotopic (exact) mass is 568 g/mol. The molecule has 1 amide bonds. The molecule has 2 aromatic carbocycles. The summed E-state index contributed by atoms with van der Waals surface area (Å²) >= 11 is 1.15. The molecule has 9 nitrogen and oxygen atoms in total. The summed E-state index contributed by atoms with van der Waals surface area (Å²) in [6, 6.07) is 6.53. The molecule has 1 fully saturated rings. The SMILES string of the molecule is CN1NNN=C1CN=C1NC(=O)/C(=C/c2ccc3c(cnn3Cc3ccc(C(F)(F)F)cc3C(F)(F)F)c2)S1. The molecule has 1 aromatic heterocycles. The molecule has 0 saturated carbocycles. The summed E-state index contributed by atoms with van der Waals surface area (Å²) < 4.78 is 80.9. The lowest BCUT2D eigenvalue weighted by Crippen LogP contribution is -2.38. The molecule has 2 aliphatic heterocycles. The molecule has 0 radical (unpaired) electrons. The van der Waals surface area contributed by atoms with Gasteiger partial charge in [-0.2, -0.15) is 31.4 Å². The summed E-state index contributed by atoms with van der Waals surface area (Å²) in [5.41, 5.74) is 3.35. The van der Waals surface area contributed by atoms with Crippen molar-refractivity contribution in [3.63, 3.8) is 0 Å². The van der Waals surface area contributed by atoms with Crippen molar-refractivity contribution < 1.29 is 31.1 Å². The maximum atomic E-state index is 13.5. The number of fused-ring (bicyclic) bond motifs is 1. The largest absolute Gasteiger partial charge is 0.416 e. The van der Waals surface area contributed by atoms with Crippen molar-refractivity contribution in [1.82, 2.24) is 31.2 Å². The van der Waals surface area contributed by atoms with Gasteiger partial charge in [-0.1, -0.05) is 12.1 Å². The van der Waals surface area contributed by atoms with Gasteiger partial charge in [-0.15, -0.1) is 10.6 Å². The van der Waals surface area contributed by atoms with Crippen LogP contribution in [-0.4, -0.2) is 45.3 Å². The van der Waals surface area contributed by atoms with Gasteiger partial charge in [0, 0.05) is 12.4 Å². The minimum atomic E-state index is -4.98. The van der Waals surface area contributed by atoms with Crippen LogP contribution in [0.3, 0.4) is 0 Å². The Morgan fingerprint density at radius 1 is 1.08 bits per heavy atom. The van der Waals surface area contributed by atoms with Crippen molar-refractivity contribution >= 4 is 45.7 Å². The van der Waals surface area contributed by atoms with E-state index >= 15 is 0 Å². The molecule has 0 unspecified atom stereocenters. The third-order valence-corrected chi connectivity index (χ3v) is 6.78. The Morgan fingerprint density at radius 3 is 2.56 bits per heavy atom. The van der Waals surface area contributed by atoms with Crippen molar-refractivity contribution in [3.05, 3.63) is 69.8 Å². The van der Waals surface area contributed by atoms with E-state index in [-0.39, 0.29) is 30.6 Å². The number of nitrogens with one attached hydrogen (secondary N) is 3. The standard InChI is InChI=1S/C23H18F6N8OS/c1-36-19(33-34-35-36)10-30-21-32-20(38)18(39-21)7-12-2-5-17-14(6-12)9-31-37(17)11-13-3-4-15(22(24,25)26)8-16(13)23(27,28)29/h2-9,34-35H,10-11H2,1H3,(H,30,32,38)/b18-7-. The van der Waals surface area contributed by atoms with Crippen LogP contribution in [0, 0.1) is 0 Å². The number of hydrazine groups is 2. The number of nitrogens with zero attached hydrogens (tertiary/aromatic N) is 5. The molecule has 1 saturated heterocycles. The second-order valence-corrected chi connectivity index (χ2v) is 9.52. The maximum Gasteiger partial charge on any atom is 0.416 e. The zero-order valence-corrected chi connectivity index (χ0v) is 20.7. The van der Waals surface area contributed by atoms with Crippen LogP contribution in [0.1, 0.15) is 22.3 Å². The van der Waals surface area contributed by atoms with Crippen molar-refractivity contribution in [3.8, 4) is 0 Å². The fourth-order valence-corrected chi connectivity index (χ4v) is 4.70. The predicted molar refractivity (Wildman–Crippen MR) is 133 cm³/mol. The molecular formula is C23H18F6N8OS. The molecule has 3 heterocycles. The second kappa shape index (κ2) is 9.92. The molecule has 5 rings (SSSR count). The molecule has 16 heteroatoms. The average molecular weight is 569 g/mol. The molecule has 0 bridgehead atoms. The van der Waals surface area contributed by atoms with Crippen LogP contribution >= 0.6 is 11.8 Å². The van der Waals surface area contributed by atoms with Crippen LogP contribution in [0.2, 0.25) is 0 Å². The molecule has 0 atom stereocenters. The summed E-state index contributed by atoms with van der Waals surface area (Å²) in [6.07, 6.45) is -6.81. The normalized spacial score (nSPS) is 18.3. The number of amidine groups is 2. The van der Waals surface area contributed by atoms with Crippen LogP contribution < -0.4 is 16.4 Å². The number of halogens is 6. The highest BCUT2D eigenvalue weighted by Gasteiger charge is 2.38. The average Bonchev–Trinajstić information content (AvgIpc) is 3.55. The first-order valence-electron chi connectivity index (χ1n) is 11.2. The Bertz CT molecular complexity index is 1540. The number of hydrogen-bond acceptors (Lipinski definition) is 8. The van der Waals surface area contributed by atoms with Crippen molar-refractivity contribution in [2.75, 3.05) is 13.6 Å². The number of carbonyl (C=O) groups excluding carboxylic acids is 1. The van der Waals surface area contributed by atoms with Crippen LogP contribution in [0.5, 0.6) is 0 Å². The number of hydrogen-bond donors (Lipinski definition) is 3. The van der Waals surface area contributed by atoms with Gasteiger partial charge in [-0.3, -0.25) is 19.5 Å². The number of benzene rings is 2. The van der Waals surface area contributed by atoms with Crippen molar-refractivity contribution in [2.24, 2.45) is 10.1 Å². The third kappa shape index (κ3) is 5.70. The maximum absolute atomic E-state index is 13.5. The van der Waals surface area contributed by atoms with Crippen molar-refractivity contribution in [1.29, 1.82) is 0 Å². The summed E-state index contributed by atoms with van der Waals surface area (Å²) in [5.74, 6) is 0.283. The fourth-order valence-electron chi connectivity index (χ4n) is 3.88. The van der Waals surface area contributed by atoms with Gasteiger partial charge in [-0.05, 0) is 53.2 Å². The molecular weight excluding hydrogens is 550 g/mol. The van der Waals surface area contributed by atoms with E-state index in [9.17, 15) is 31.1 Å². The number of aromatic nitrogens is 2. The summed E-state index contributed by atoms with van der Waals surface area (Å²) in [4.78, 5) is 17.1. The zero-order chi connectivity index (χ0) is 27.9. The van der Waals surface area contributed by atoms with E-state index in [1.807, 2.05) is 0 Å². The van der Waals surface area contributed by atoms with E-state index in [1.165, 1.54) is 10.9 Å². The van der Waals surface area contributed by atoms with Gasteiger partial charge in [0.2, 0.25) is 0 Å². The number of carbonyl (C=O) groups is 1. The second-order valence-electron chi connectivity index (χ2n) is 8.48. The Hall–Kier alpha value is -4.05. The van der Waals surface area contributed by atoms with Crippen LogP contribution in [0.4, 0.5) is 26.3 Å². The first kappa shape index (κ1) is 26.6. The first-order valence-corrected chi connectivity index (χ1v) is 12.0. The van der Waals surface area contributed by atoms with E-state index in [0.29, 0.717) is 38.4 Å². The molecule has 39 heavy (non-hydrogen) atoms. The van der Waals surface area contributed by atoms with Gasteiger partial charge >= 0.3 is 12.4 Å². The number of aliphatic imine (C=N–C) groups is 1. The van der Waals surface area contributed by atoms with Crippen LogP contribution in [0.25, 0.3) is 17.0 Å². The van der Waals surface area contributed by atoms with Gasteiger partial charge in [0.15, 0.2) is 11.0 Å². The van der Waals surface area contributed by atoms with Gasteiger partial charge < -0.3 is 5.32 Å². The molecule has 3 N–H and O–H groups in total. The molecule has 204 valence electrons. The Morgan fingerprint density at radius 2 is 1.87 bits per heavy atom. The summed E-state index contributed by atoms with van der Waals surface area (Å²) in [7, 11) is 1.75. The predicted octanol–water partition coefficient (Wildman–Crippen LogP) is 3.95. The van der Waals surface area contributed by atoms with Gasteiger partial charge in [0.05, 0.1) is 34.3 Å². The van der Waals surface area contributed by atoms with Crippen LogP contribution in [-0.2, 0) is 23.7 Å². The minimum absolute atomic E-state index is 0.112. The first-order chi connectivity index (χ1) is 18.4. The highest BCUT2D eigenvalue weighted by molar-refractivity contribution is 8.18. The third-order valence-electron chi connectivity index (χ3n) is 5.83. The van der Waals surface area contributed by atoms with Gasteiger partial charge in [0.1, 0.15) is 6.54 Å². The molecule has 3 aromatic rings. The number of likely N-dealkylation sites (N-methyl/N-ethyl adjacent to an activating group) is 1. The number of amides is 1. The summed E-state index contributed by atoms with van der Waals surface area (Å²) in [6.45, 7) is -0.160. The van der Waals surface area contributed by atoms with E-state index in [2.05, 4.69) is 31.6 Å². The topological polar surface area (TPSA) is 98.9 Å². The van der Waals surface area contributed by atoms with Crippen LogP contribution in [0.15, 0.2) is 57.6 Å². The summed E-state index contributed by atoms with van der Waals surface area (Å²) in [5, 5.41) is 13.4. The van der Waals surface area contributed by atoms with Gasteiger partial charge in [0.25, 0.3) is 5.91 Å². The van der Waals surface area contributed by atoms with E-state index < -0.39 is 23.5 Å². The molecule has 0 aliphatic carbocycles. The number of hydrazone groups is 1. The molecule has 2 aliphatic rings. The lowest BCUT2D eigenvalue weighted by Gasteiger charge is -2.16. The highest BCUT2D eigenvalue weighted by atomic mass is 32.2. The van der Waals surface area contributed by atoms with Crippen molar-refractivity contribution in [2.45, 2.75) is 18.9 Å². The minimum Gasteiger partial charge on any atom is -0.301 e. The van der Waals surface area contributed by atoms with E-state index in [1.54, 1.807) is 36.3 Å². The lowest BCUT2D eigenvalue weighted by atomic mass is 10.0. The number of thioether (sulfide) groups is 1.